The number of nitrogens with one attached hydrogen (secondary N) is 1. The quantitative estimate of drug-likeness (QED) is 0.845. The molecule has 1 aliphatic heterocycles. The Balaban J connectivity index is 1.52. The second-order valence-electron chi connectivity index (χ2n) is 5.56. The molecule has 3 heterocycles. The molecular formula is C17H22N2O3S. The van der Waals surface area contributed by atoms with Gasteiger partial charge in [-0.25, -0.2) is 0 Å². The average Bonchev–Trinajstić information content (AvgIpc) is 3.28. The predicted molar refractivity (Wildman–Crippen MR) is 89.5 cm³/mol. The Kier molecular flexibility index (Phi) is 5.85. The van der Waals surface area contributed by atoms with E-state index in [1.165, 1.54) is 4.88 Å². The summed E-state index contributed by atoms with van der Waals surface area (Å²) in [6, 6.07) is 8.17. The zero-order valence-electron chi connectivity index (χ0n) is 13.1. The number of furan rings is 1. The molecule has 1 atom stereocenters. The molecule has 0 radical (unpaired) electrons. The molecule has 1 amide bonds. The van der Waals surface area contributed by atoms with Crippen molar-refractivity contribution in [2.45, 2.75) is 18.9 Å². The van der Waals surface area contributed by atoms with Crippen LogP contribution in [-0.4, -0.2) is 43.7 Å². The van der Waals surface area contributed by atoms with Gasteiger partial charge in [-0.2, -0.15) is 0 Å². The first-order valence-corrected chi connectivity index (χ1v) is 8.85. The van der Waals surface area contributed by atoms with Crippen LogP contribution in [0.3, 0.4) is 0 Å². The summed E-state index contributed by atoms with van der Waals surface area (Å²) in [5.74, 6) is 0.916. The number of aryl methyl sites for hydroxylation is 1. The van der Waals surface area contributed by atoms with Gasteiger partial charge in [-0.15, -0.1) is 11.3 Å². The Morgan fingerprint density at radius 1 is 1.30 bits per heavy atom. The van der Waals surface area contributed by atoms with Gasteiger partial charge in [0.05, 0.1) is 25.5 Å². The highest BCUT2D eigenvalue weighted by molar-refractivity contribution is 7.10. The number of thiophene rings is 1. The Bertz CT molecular complexity index is 577. The average molecular weight is 334 g/mol. The van der Waals surface area contributed by atoms with E-state index in [9.17, 15) is 4.79 Å². The van der Waals surface area contributed by atoms with Crippen LogP contribution in [0.1, 0.15) is 23.1 Å². The molecule has 0 bridgehead atoms. The van der Waals surface area contributed by atoms with Crippen LogP contribution < -0.4 is 5.32 Å². The van der Waals surface area contributed by atoms with Crippen molar-refractivity contribution in [3.05, 3.63) is 46.5 Å². The topological polar surface area (TPSA) is 54.7 Å². The lowest BCUT2D eigenvalue weighted by molar-refractivity contribution is -0.121. The maximum Gasteiger partial charge on any atom is 0.220 e. The fourth-order valence-electron chi connectivity index (χ4n) is 2.77. The number of ether oxygens (including phenoxy) is 1. The molecule has 1 fully saturated rings. The largest absolute Gasteiger partial charge is 0.469 e. The highest BCUT2D eigenvalue weighted by Gasteiger charge is 2.23. The lowest BCUT2D eigenvalue weighted by Crippen LogP contribution is -2.43. The number of carbonyl (C=O) groups excluding carboxylic acids is 1. The zero-order chi connectivity index (χ0) is 15.9. The standard InChI is InChI=1S/C17H22N2O3S/c20-17(6-5-14-3-1-9-22-14)18-13-15(16-4-2-12-23-16)19-7-10-21-11-8-19/h1-4,9,12,15H,5-8,10-11,13H2,(H,18,20)/t15-/m0/s1. The third-order valence-electron chi connectivity index (χ3n) is 4.03. The summed E-state index contributed by atoms with van der Waals surface area (Å²) in [6.07, 6.45) is 2.73. The summed E-state index contributed by atoms with van der Waals surface area (Å²) in [4.78, 5) is 15.8. The number of hydrogen-bond donors (Lipinski definition) is 1. The zero-order valence-corrected chi connectivity index (χ0v) is 13.9. The summed E-state index contributed by atoms with van der Waals surface area (Å²) in [7, 11) is 0. The van der Waals surface area contributed by atoms with Gasteiger partial charge in [0.25, 0.3) is 0 Å². The lowest BCUT2D eigenvalue weighted by atomic mass is 10.1. The molecule has 0 unspecified atom stereocenters. The van der Waals surface area contributed by atoms with E-state index in [2.05, 4.69) is 27.7 Å². The van der Waals surface area contributed by atoms with Gasteiger partial charge in [0.2, 0.25) is 5.91 Å². The fourth-order valence-corrected chi connectivity index (χ4v) is 3.63. The molecule has 0 aromatic carbocycles. The first-order chi connectivity index (χ1) is 11.3. The Labute approximate surface area is 140 Å². The van der Waals surface area contributed by atoms with E-state index in [1.807, 2.05) is 12.1 Å². The Morgan fingerprint density at radius 3 is 2.87 bits per heavy atom. The minimum absolute atomic E-state index is 0.0659. The first-order valence-electron chi connectivity index (χ1n) is 7.97. The molecule has 1 aliphatic rings. The van der Waals surface area contributed by atoms with Crippen molar-refractivity contribution in [3.63, 3.8) is 0 Å². The van der Waals surface area contributed by atoms with Gasteiger partial charge in [0, 0.05) is 37.4 Å². The lowest BCUT2D eigenvalue weighted by Gasteiger charge is -2.34. The molecule has 2 aromatic heterocycles. The third-order valence-corrected chi connectivity index (χ3v) is 5.00. The summed E-state index contributed by atoms with van der Waals surface area (Å²) >= 11 is 1.74. The Morgan fingerprint density at radius 2 is 2.17 bits per heavy atom. The summed E-state index contributed by atoms with van der Waals surface area (Å²) in [5.41, 5.74) is 0. The van der Waals surface area contributed by atoms with Gasteiger partial charge < -0.3 is 14.5 Å². The predicted octanol–water partition coefficient (Wildman–Crippen LogP) is 2.46. The van der Waals surface area contributed by atoms with E-state index < -0.39 is 0 Å². The number of carbonyl (C=O) groups is 1. The van der Waals surface area contributed by atoms with Gasteiger partial charge in [0.15, 0.2) is 0 Å². The van der Waals surface area contributed by atoms with Crippen LogP contribution in [0.25, 0.3) is 0 Å². The monoisotopic (exact) mass is 334 g/mol. The molecule has 1 saturated heterocycles. The van der Waals surface area contributed by atoms with E-state index >= 15 is 0 Å². The van der Waals surface area contributed by atoms with Crippen LogP contribution in [0.15, 0.2) is 40.3 Å². The van der Waals surface area contributed by atoms with Gasteiger partial charge in [-0.3, -0.25) is 9.69 Å². The molecule has 5 nitrogen and oxygen atoms in total. The van der Waals surface area contributed by atoms with Gasteiger partial charge in [0.1, 0.15) is 5.76 Å². The van der Waals surface area contributed by atoms with E-state index in [1.54, 1.807) is 17.6 Å². The van der Waals surface area contributed by atoms with Crippen molar-refractivity contribution >= 4 is 17.2 Å². The molecule has 0 spiro atoms. The molecule has 6 heteroatoms. The SMILES string of the molecule is O=C(CCc1ccco1)NC[C@@H](c1cccs1)N1CCOCC1. The normalized spacial score (nSPS) is 17.0. The molecule has 0 saturated carbocycles. The maximum absolute atomic E-state index is 12.1. The van der Waals surface area contributed by atoms with Crippen molar-refractivity contribution in [1.29, 1.82) is 0 Å². The highest BCUT2D eigenvalue weighted by Crippen LogP contribution is 2.25. The fraction of sp³-hybridized carbons (Fsp3) is 0.471. The minimum Gasteiger partial charge on any atom is -0.469 e. The summed E-state index contributed by atoms with van der Waals surface area (Å²) in [5, 5.41) is 5.16. The number of rotatable bonds is 7. The first kappa shape index (κ1) is 16.2. The smallest absolute Gasteiger partial charge is 0.220 e. The maximum atomic E-state index is 12.1. The number of amides is 1. The highest BCUT2D eigenvalue weighted by atomic mass is 32.1. The number of morpholine rings is 1. The summed E-state index contributed by atoms with van der Waals surface area (Å²) in [6.45, 7) is 3.97. The minimum atomic E-state index is 0.0659. The number of hydrogen-bond acceptors (Lipinski definition) is 5. The summed E-state index contributed by atoms with van der Waals surface area (Å²) < 4.78 is 10.7. The Hall–Kier alpha value is -1.63. The second-order valence-corrected chi connectivity index (χ2v) is 6.54. The van der Waals surface area contributed by atoms with Crippen LogP contribution in [0.5, 0.6) is 0 Å². The van der Waals surface area contributed by atoms with Crippen LogP contribution in [-0.2, 0) is 16.0 Å². The van der Waals surface area contributed by atoms with Crippen molar-refractivity contribution in [3.8, 4) is 0 Å². The van der Waals surface area contributed by atoms with Crippen LogP contribution in [0.2, 0.25) is 0 Å². The van der Waals surface area contributed by atoms with Crippen LogP contribution in [0, 0.1) is 0 Å². The van der Waals surface area contributed by atoms with Crippen LogP contribution in [0.4, 0.5) is 0 Å². The van der Waals surface area contributed by atoms with Gasteiger partial charge in [-0.1, -0.05) is 6.07 Å². The van der Waals surface area contributed by atoms with E-state index in [-0.39, 0.29) is 11.9 Å². The third kappa shape index (κ3) is 4.67. The van der Waals surface area contributed by atoms with Crippen molar-refractivity contribution in [2.24, 2.45) is 0 Å². The van der Waals surface area contributed by atoms with E-state index in [0.29, 0.717) is 19.4 Å². The molecule has 0 aliphatic carbocycles. The molecular weight excluding hydrogens is 312 g/mol. The van der Waals surface area contributed by atoms with E-state index in [0.717, 1.165) is 32.1 Å². The van der Waals surface area contributed by atoms with Crippen molar-refractivity contribution in [2.75, 3.05) is 32.8 Å². The molecule has 23 heavy (non-hydrogen) atoms. The van der Waals surface area contributed by atoms with Crippen molar-refractivity contribution < 1.29 is 13.9 Å². The van der Waals surface area contributed by atoms with Gasteiger partial charge in [-0.05, 0) is 23.6 Å². The molecule has 2 aromatic rings. The second kappa shape index (κ2) is 8.29. The van der Waals surface area contributed by atoms with Gasteiger partial charge >= 0.3 is 0 Å². The molecule has 1 N–H and O–H groups in total. The van der Waals surface area contributed by atoms with Crippen LogP contribution >= 0.6 is 11.3 Å². The number of nitrogens with zero attached hydrogens (tertiary/aromatic N) is 1. The van der Waals surface area contributed by atoms with Crippen molar-refractivity contribution in [1.82, 2.24) is 10.2 Å². The molecule has 124 valence electrons. The molecule has 3 rings (SSSR count). The van der Waals surface area contributed by atoms with E-state index in [4.69, 9.17) is 9.15 Å².